The van der Waals surface area contributed by atoms with Crippen LogP contribution < -0.4 is 5.32 Å². The first-order valence-corrected chi connectivity index (χ1v) is 8.12. The molecule has 5 heteroatoms. The minimum atomic E-state index is -2.86. The Hall–Kier alpha value is -0.940. The minimum absolute atomic E-state index is 0.122. The maximum Gasteiger partial charge on any atom is 0.150 e. The van der Waals surface area contributed by atoms with E-state index in [1.54, 1.807) is 6.92 Å². The number of rotatable bonds is 7. The van der Waals surface area contributed by atoms with Crippen LogP contribution in [0.5, 0.6) is 0 Å². The van der Waals surface area contributed by atoms with Crippen molar-refractivity contribution in [2.75, 3.05) is 18.6 Å². The Morgan fingerprint density at radius 1 is 1.39 bits per heavy atom. The fourth-order valence-corrected chi connectivity index (χ4v) is 2.75. The molecule has 1 N–H and O–H groups in total. The largest absolute Gasteiger partial charge is 0.312 e. The van der Waals surface area contributed by atoms with Crippen molar-refractivity contribution >= 4 is 9.84 Å². The molecule has 1 unspecified atom stereocenters. The molecule has 0 fully saturated rings. The summed E-state index contributed by atoms with van der Waals surface area (Å²) in [5, 5.41) is 3.19. The Morgan fingerprint density at radius 2 is 2.11 bits per heavy atom. The summed E-state index contributed by atoms with van der Waals surface area (Å²) >= 11 is 0. The maximum atomic E-state index is 11.4. The van der Waals surface area contributed by atoms with Crippen LogP contribution in [0, 0.1) is 6.92 Å². The summed E-state index contributed by atoms with van der Waals surface area (Å²) in [6.45, 7) is 3.64. The molecule has 1 heterocycles. The zero-order valence-corrected chi connectivity index (χ0v) is 12.1. The highest BCUT2D eigenvalue weighted by atomic mass is 32.2. The lowest BCUT2D eigenvalue weighted by molar-refractivity contribution is 0.523. The molecule has 4 nitrogen and oxygen atoms in total. The third-order valence-corrected chi connectivity index (χ3v) is 4.79. The third-order valence-electron chi connectivity index (χ3n) is 3.00. The third kappa shape index (κ3) is 4.74. The first-order chi connectivity index (χ1) is 8.48. The fraction of sp³-hybridized carbons (Fsp3) is 0.615. The summed E-state index contributed by atoms with van der Waals surface area (Å²) in [5.41, 5.74) is 1.96. The summed E-state index contributed by atoms with van der Waals surface area (Å²) in [4.78, 5) is 4.47. The molecule has 0 bridgehead atoms. The van der Waals surface area contributed by atoms with Gasteiger partial charge in [0.1, 0.15) is 9.84 Å². The lowest BCUT2D eigenvalue weighted by atomic mass is 10.1. The summed E-state index contributed by atoms with van der Waals surface area (Å²) in [6.07, 6.45) is 1.45. The van der Waals surface area contributed by atoms with Crippen LogP contribution >= 0.6 is 0 Å². The van der Waals surface area contributed by atoms with E-state index in [4.69, 9.17) is 0 Å². The standard InChI is InChI=1S/C13H22N2O2S/c1-4-18(16,17)10-6-9-12(14-3)13-8-5-7-11(2)15-13/h5,7-8,12,14H,4,6,9-10H2,1-3H3. The van der Waals surface area contributed by atoms with Gasteiger partial charge in [0.05, 0.1) is 11.4 Å². The van der Waals surface area contributed by atoms with E-state index in [9.17, 15) is 8.42 Å². The average Bonchev–Trinajstić information content (AvgIpc) is 2.34. The molecular formula is C13H22N2O2S. The lowest BCUT2D eigenvalue weighted by Gasteiger charge is -2.15. The Morgan fingerprint density at radius 3 is 2.67 bits per heavy atom. The second-order valence-corrected chi connectivity index (χ2v) is 6.90. The van der Waals surface area contributed by atoms with E-state index in [-0.39, 0.29) is 17.5 Å². The minimum Gasteiger partial charge on any atom is -0.312 e. The predicted molar refractivity (Wildman–Crippen MR) is 74.3 cm³/mol. The summed E-state index contributed by atoms with van der Waals surface area (Å²) in [5.74, 6) is 0.480. The van der Waals surface area contributed by atoms with Gasteiger partial charge in [0.25, 0.3) is 0 Å². The molecule has 18 heavy (non-hydrogen) atoms. The van der Waals surface area contributed by atoms with Crippen LogP contribution in [-0.4, -0.2) is 32.0 Å². The molecule has 0 saturated heterocycles. The van der Waals surface area contributed by atoms with Crippen molar-refractivity contribution in [3.8, 4) is 0 Å². The van der Waals surface area contributed by atoms with Crippen molar-refractivity contribution in [3.63, 3.8) is 0 Å². The summed E-state index contributed by atoms with van der Waals surface area (Å²) < 4.78 is 22.8. The van der Waals surface area contributed by atoms with Crippen molar-refractivity contribution in [2.45, 2.75) is 32.7 Å². The monoisotopic (exact) mass is 270 g/mol. The van der Waals surface area contributed by atoms with Crippen molar-refractivity contribution in [3.05, 3.63) is 29.6 Å². The number of sulfone groups is 1. The van der Waals surface area contributed by atoms with Crippen LogP contribution in [0.1, 0.15) is 37.2 Å². The van der Waals surface area contributed by atoms with Gasteiger partial charge in [-0.2, -0.15) is 0 Å². The highest BCUT2D eigenvalue weighted by Crippen LogP contribution is 2.16. The van der Waals surface area contributed by atoms with Crippen LogP contribution in [-0.2, 0) is 9.84 Å². The molecule has 1 atom stereocenters. The SMILES string of the molecule is CCS(=O)(=O)CCCC(NC)c1cccc(C)n1. The normalized spacial score (nSPS) is 13.5. The molecule has 1 aromatic heterocycles. The summed E-state index contributed by atoms with van der Waals surface area (Å²) in [7, 11) is -0.984. The van der Waals surface area contributed by atoms with Gasteiger partial charge in [-0.05, 0) is 38.9 Å². The smallest absolute Gasteiger partial charge is 0.150 e. The van der Waals surface area contributed by atoms with E-state index in [0.29, 0.717) is 6.42 Å². The zero-order valence-electron chi connectivity index (χ0n) is 11.3. The van der Waals surface area contributed by atoms with E-state index < -0.39 is 9.84 Å². The van der Waals surface area contributed by atoms with Gasteiger partial charge in [-0.3, -0.25) is 4.98 Å². The second-order valence-electron chi connectivity index (χ2n) is 4.42. The number of nitrogens with zero attached hydrogens (tertiary/aromatic N) is 1. The van der Waals surface area contributed by atoms with Gasteiger partial charge in [0.15, 0.2) is 0 Å². The van der Waals surface area contributed by atoms with Gasteiger partial charge in [-0.25, -0.2) is 8.42 Å². The molecule has 102 valence electrons. The topological polar surface area (TPSA) is 59.1 Å². The highest BCUT2D eigenvalue weighted by Gasteiger charge is 2.13. The second kappa shape index (κ2) is 6.85. The molecule has 0 aliphatic carbocycles. The number of aromatic nitrogens is 1. The van der Waals surface area contributed by atoms with Crippen molar-refractivity contribution in [2.24, 2.45) is 0 Å². The Balaban J connectivity index is 2.58. The molecule has 0 spiro atoms. The molecule has 0 aliphatic heterocycles. The lowest BCUT2D eigenvalue weighted by Crippen LogP contribution is -2.19. The van der Waals surface area contributed by atoms with E-state index in [1.807, 2.05) is 32.2 Å². The molecule has 1 rings (SSSR count). The number of hydrogen-bond donors (Lipinski definition) is 1. The van der Waals surface area contributed by atoms with Crippen LogP contribution in [0.25, 0.3) is 0 Å². The van der Waals surface area contributed by atoms with Gasteiger partial charge < -0.3 is 5.32 Å². The van der Waals surface area contributed by atoms with Crippen LogP contribution in [0.3, 0.4) is 0 Å². The van der Waals surface area contributed by atoms with Gasteiger partial charge >= 0.3 is 0 Å². The van der Waals surface area contributed by atoms with E-state index in [1.165, 1.54) is 0 Å². The molecule has 0 amide bonds. The van der Waals surface area contributed by atoms with Gasteiger partial charge in [0.2, 0.25) is 0 Å². The van der Waals surface area contributed by atoms with Crippen LogP contribution in [0.2, 0.25) is 0 Å². The molecule has 0 saturated carbocycles. The molecular weight excluding hydrogens is 248 g/mol. The van der Waals surface area contributed by atoms with Gasteiger partial charge in [-0.15, -0.1) is 0 Å². The molecule has 0 aromatic carbocycles. The van der Waals surface area contributed by atoms with E-state index in [2.05, 4.69) is 10.3 Å². The van der Waals surface area contributed by atoms with Crippen LogP contribution in [0.4, 0.5) is 0 Å². The Bertz CT molecular complexity index is 472. The van der Waals surface area contributed by atoms with Gasteiger partial charge in [0, 0.05) is 17.5 Å². The van der Waals surface area contributed by atoms with Crippen molar-refractivity contribution < 1.29 is 8.42 Å². The number of hydrogen-bond acceptors (Lipinski definition) is 4. The highest BCUT2D eigenvalue weighted by molar-refractivity contribution is 7.91. The Labute approximate surface area is 110 Å². The zero-order chi connectivity index (χ0) is 13.6. The number of nitrogens with one attached hydrogen (secondary N) is 1. The number of pyridine rings is 1. The average molecular weight is 270 g/mol. The maximum absolute atomic E-state index is 11.4. The van der Waals surface area contributed by atoms with E-state index >= 15 is 0 Å². The molecule has 1 aromatic rings. The summed E-state index contributed by atoms with van der Waals surface area (Å²) in [6, 6.07) is 6.03. The van der Waals surface area contributed by atoms with Crippen molar-refractivity contribution in [1.82, 2.24) is 10.3 Å². The first kappa shape index (κ1) is 15.1. The quantitative estimate of drug-likeness (QED) is 0.821. The van der Waals surface area contributed by atoms with Crippen LogP contribution in [0.15, 0.2) is 18.2 Å². The van der Waals surface area contributed by atoms with Gasteiger partial charge in [-0.1, -0.05) is 13.0 Å². The van der Waals surface area contributed by atoms with Crippen molar-refractivity contribution in [1.29, 1.82) is 0 Å². The first-order valence-electron chi connectivity index (χ1n) is 6.29. The number of aryl methyl sites for hydroxylation is 1. The fourth-order valence-electron chi connectivity index (χ4n) is 1.85. The predicted octanol–water partition coefficient (Wildman–Crippen LogP) is 1.87. The Kier molecular flexibility index (Phi) is 5.75. The molecule has 0 radical (unpaired) electrons. The van der Waals surface area contributed by atoms with E-state index in [0.717, 1.165) is 17.8 Å². The molecule has 0 aliphatic rings.